The van der Waals surface area contributed by atoms with Crippen LogP contribution < -0.4 is 10.6 Å². The SMILES string of the molecule is Cn1ccnc1C(=O)c1ccc(NC(=O)c2cccc(NC(=O)[C@@H]3CCCO3)c2)cc1. The van der Waals surface area contributed by atoms with Crippen molar-refractivity contribution in [3.05, 3.63) is 77.9 Å². The molecule has 0 saturated carbocycles. The molecule has 1 aliphatic heterocycles. The molecule has 2 amide bonds. The summed E-state index contributed by atoms with van der Waals surface area (Å²) in [5.41, 5.74) is 1.96. The van der Waals surface area contributed by atoms with Gasteiger partial charge >= 0.3 is 0 Å². The fourth-order valence-electron chi connectivity index (χ4n) is 3.37. The number of aryl methyl sites for hydroxylation is 1. The van der Waals surface area contributed by atoms with E-state index in [4.69, 9.17) is 4.74 Å². The van der Waals surface area contributed by atoms with E-state index in [1.807, 2.05) is 0 Å². The van der Waals surface area contributed by atoms with E-state index in [1.165, 1.54) is 0 Å². The van der Waals surface area contributed by atoms with Crippen LogP contribution in [0.5, 0.6) is 0 Å². The van der Waals surface area contributed by atoms with Gasteiger partial charge in [-0.15, -0.1) is 0 Å². The minimum absolute atomic E-state index is 0.194. The monoisotopic (exact) mass is 418 g/mol. The molecule has 8 nitrogen and oxygen atoms in total. The zero-order valence-electron chi connectivity index (χ0n) is 17.0. The van der Waals surface area contributed by atoms with Crippen LogP contribution in [0.3, 0.4) is 0 Å². The van der Waals surface area contributed by atoms with E-state index in [-0.39, 0.29) is 17.6 Å². The molecule has 3 aromatic rings. The van der Waals surface area contributed by atoms with E-state index >= 15 is 0 Å². The van der Waals surface area contributed by atoms with Crippen LogP contribution in [0.1, 0.15) is 39.4 Å². The van der Waals surface area contributed by atoms with Gasteiger partial charge in [0.05, 0.1) is 0 Å². The van der Waals surface area contributed by atoms with Crippen LogP contribution in [-0.2, 0) is 16.6 Å². The van der Waals surface area contributed by atoms with Gasteiger partial charge in [-0.25, -0.2) is 4.98 Å². The summed E-state index contributed by atoms with van der Waals surface area (Å²) in [5.74, 6) is -0.377. The van der Waals surface area contributed by atoms with Crippen LogP contribution in [0.2, 0.25) is 0 Å². The van der Waals surface area contributed by atoms with Gasteiger partial charge in [-0.1, -0.05) is 6.07 Å². The van der Waals surface area contributed by atoms with Crippen LogP contribution >= 0.6 is 0 Å². The van der Waals surface area contributed by atoms with Crippen molar-refractivity contribution in [2.45, 2.75) is 18.9 Å². The Morgan fingerprint density at radius 2 is 1.84 bits per heavy atom. The van der Waals surface area contributed by atoms with Gasteiger partial charge in [0.15, 0.2) is 5.82 Å². The Hall–Kier alpha value is -3.78. The predicted octanol–water partition coefficient (Wildman–Crippen LogP) is 3.02. The van der Waals surface area contributed by atoms with E-state index in [2.05, 4.69) is 15.6 Å². The van der Waals surface area contributed by atoms with Crippen molar-refractivity contribution >= 4 is 29.0 Å². The number of amides is 2. The quantitative estimate of drug-likeness (QED) is 0.599. The lowest BCUT2D eigenvalue weighted by Gasteiger charge is -2.11. The number of aromatic nitrogens is 2. The van der Waals surface area contributed by atoms with Gasteiger partial charge in [-0.3, -0.25) is 14.4 Å². The van der Waals surface area contributed by atoms with Crippen molar-refractivity contribution in [2.75, 3.05) is 17.2 Å². The number of rotatable bonds is 6. The van der Waals surface area contributed by atoms with Crippen LogP contribution in [-0.4, -0.2) is 39.9 Å². The second-order valence-corrected chi connectivity index (χ2v) is 7.29. The third kappa shape index (κ3) is 4.70. The van der Waals surface area contributed by atoms with E-state index in [9.17, 15) is 14.4 Å². The molecule has 1 saturated heterocycles. The number of hydrogen-bond donors (Lipinski definition) is 2. The molecule has 0 radical (unpaired) electrons. The first-order valence-electron chi connectivity index (χ1n) is 9.97. The summed E-state index contributed by atoms with van der Waals surface area (Å²) in [4.78, 5) is 41.4. The summed E-state index contributed by atoms with van der Waals surface area (Å²) in [6, 6.07) is 13.3. The number of anilines is 2. The highest BCUT2D eigenvalue weighted by molar-refractivity contribution is 6.08. The van der Waals surface area contributed by atoms with Crippen molar-refractivity contribution in [1.29, 1.82) is 0 Å². The predicted molar refractivity (Wildman–Crippen MR) is 115 cm³/mol. The summed E-state index contributed by atoms with van der Waals surface area (Å²) in [7, 11) is 1.76. The number of hydrogen-bond acceptors (Lipinski definition) is 5. The second-order valence-electron chi connectivity index (χ2n) is 7.29. The molecule has 31 heavy (non-hydrogen) atoms. The summed E-state index contributed by atoms with van der Waals surface area (Å²) in [6.45, 7) is 0.590. The summed E-state index contributed by atoms with van der Waals surface area (Å²) < 4.78 is 7.03. The number of nitrogens with zero attached hydrogens (tertiary/aromatic N) is 2. The van der Waals surface area contributed by atoms with Crippen LogP contribution in [0.4, 0.5) is 11.4 Å². The summed E-state index contributed by atoms with van der Waals surface area (Å²) >= 11 is 0. The highest BCUT2D eigenvalue weighted by Gasteiger charge is 2.23. The van der Waals surface area contributed by atoms with Gasteiger partial charge in [0.25, 0.3) is 11.8 Å². The molecule has 2 heterocycles. The molecule has 0 spiro atoms. The van der Waals surface area contributed by atoms with Gasteiger partial charge in [0.1, 0.15) is 6.10 Å². The van der Waals surface area contributed by atoms with Gasteiger partial charge in [0, 0.05) is 48.5 Å². The maximum Gasteiger partial charge on any atom is 0.255 e. The number of ether oxygens (including phenoxy) is 1. The zero-order chi connectivity index (χ0) is 21.8. The lowest BCUT2D eigenvalue weighted by atomic mass is 10.1. The van der Waals surface area contributed by atoms with Crippen LogP contribution in [0.15, 0.2) is 60.9 Å². The molecule has 158 valence electrons. The molecular formula is C23H22N4O4. The Bertz CT molecular complexity index is 1110. The molecule has 1 atom stereocenters. The Morgan fingerprint density at radius 1 is 1.03 bits per heavy atom. The first kappa shape index (κ1) is 20.5. The third-order valence-electron chi connectivity index (χ3n) is 5.04. The van der Waals surface area contributed by atoms with Crippen molar-refractivity contribution < 1.29 is 19.1 Å². The molecule has 1 fully saturated rings. The molecule has 1 aliphatic rings. The lowest BCUT2D eigenvalue weighted by Crippen LogP contribution is -2.27. The number of benzene rings is 2. The highest BCUT2D eigenvalue weighted by Crippen LogP contribution is 2.18. The normalized spacial score (nSPS) is 15.5. The maximum absolute atomic E-state index is 12.6. The van der Waals surface area contributed by atoms with E-state index < -0.39 is 6.10 Å². The molecule has 0 aliphatic carbocycles. The first-order chi connectivity index (χ1) is 15.0. The van der Waals surface area contributed by atoms with Crippen LogP contribution in [0, 0.1) is 0 Å². The third-order valence-corrected chi connectivity index (χ3v) is 5.04. The number of carbonyl (C=O) groups excluding carboxylic acids is 3. The Balaban J connectivity index is 1.40. The topological polar surface area (TPSA) is 102 Å². The summed E-state index contributed by atoms with van der Waals surface area (Å²) in [6.07, 6.45) is 4.40. The van der Waals surface area contributed by atoms with Gasteiger partial charge in [-0.05, 0) is 55.3 Å². The van der Waals surface area contributed by atoms with Crippen molar-refractivity contribution in [3.8, 4) is 0 Å². The van der Waals surface area contributed by atoms with Gasteiger partial charge in [0.2, 0.25) is 5.78 Å². The molecule has 0 bridgehead atoms. The largest absolute Gasteiger partial charge is 0.368 e. The van der Waals surface area contributed by atoms with Gasteiger partial charge in [-0.2, -0.15) is 0 Å². The average molecular weight is 418 g/mol. The molecule has 8 heteroatoms. The standard InChI is InChI=1S/C23H22N4O4/c1-27-12-11-24-21(27)20(28)15-7-9-17(10-8-15)25-22(29)16-4-2-5-18(14-16)26-23(30)19-6-3-13-31-19/h2,4-5,7-12,14,19H,3,6,13H2,1H3,(H,25,29)(H,26,30)/t19-/m0/s1. The maximum atomic E-state index is 12.6. The van der Waals surface area contributed by atoms with E-state index in [0.717, 1.165) is 6.42 Å². The minimum atomic E-state index is -0.440. The molecular weight excluding hydrogens is 396 g/mol. The number of carbonyl (C=O) groups is 3. The molecule has 2 N–H and O–H groups in total. The molecule has 1 aromatic heterocycles. The Labute approximate surface area is 179 Å². The molecule has 2 aromatic carbocycles. The van der Waals surface area contributed by atoms with Crippen molar-refractivity contribution in [3.63, 3.8) is 0 Å². The smallest absolute Gasteiger partial charge is 0.255 e. The number of ketones is 1. The zero-order valence-corrected chi connectivity index (χ0v) is 17.0. The second kappa shape index (κ2) is 8.93. The Kier molecular flexibility index (Phi) is 5.90. The Morgan fingerprint density at radius 3 is 2.52 bits per heavy atom. The first-order valence-corrected chi connectivity index (χ1v) is 9.97. The lowest BCUT2D eigenvalue weighted by molar-refractivity contribution is -0.124. The van der Waals surface area contributed by atoms with Crippen LogP contribution in [0.25, 0.3) is 0 Å². The fourth-order valence-corrected chi connectivity index (χ4v) is 3.37. The van der Waals surface area contributed by atoms with Gasteiger partial charge < -0.3 is 19.9 Å². The molecule has 4 rings (SSSR count). The highest BCUT2D eigenvalue weighted by atomic mass is 16.5. The minimum Gasteiger partial charge on any atom is -0.368 e. The average Bonchev–Trinajstić information content (AvgIpc) is 3.46. The van der Waals surface area contributed by atoms with E-state index in [0.29, 0.717) is 41.4 Å². The summed E-state index contributed by atoms with van der Waals surface area (Å²) in [5, 5.41) is 5.59. The molecule has 0 unspecified atom stereocenters. The van der Waals surface area contributed by atoms with Crippen molar-refractivity contribution in [2.24, 2.45) is 7.05 Å². The van der Waals surface area contributed by atoms with Crippen molar-refractivity contribution in [1.82, 2.24) is 9.55 Å². The number of imidazole rings is 1. The number of nitrogens with one attached hydrogen (secondary N) is 2. The fraction of sp³-hybridized carbons (Fsp3) is 0.217. The van der Waals surface area contributed by atoms with E-state index in [1.54, 1.807) is 72.5 Å².